The number of carbonyl (C=O) groups is 2. The lowest BCUT2D eigenvalue weighted by Crippen LogP contribution is -2.53. The summed E-state index contributed by atoms with van der Waals surface area (Å²) in [5.41, 5.74) is 0.924. The van der Waals surface area contributed by atoms with E-state index in [1.54, 1.807) is 29.9 Å². The molecule has 0 saturated heterocycles. The van der Waals surface area contributed by atoms with Gasteiger partial charge in [-0.2, -0.15) is 5.26 Å². The van der Waals surface area contributed by atoms with Crippen LogP contribution in [0.3, 0.4) is 0 Å². The Morgan fingerprint density at radius 2 is 2.07 bits per heavy atom. The molecule has 0 radical (unpaired) electrons. The monoisotopic (exact) mass is 383 g/mol. The Morgan fingerprint density at radius 3 is 2.71 bits per heavy atom. The minimum absolute atomic E-state index is 0.311. The highest BCUT2D eigenvalue weighted by Crippen LogP contribution is 2.33. The number of hydrogen-bond acceptors (Lipinski definition) is 6. The molecule has 1 atom stereocenters. The zero-order valence-electron chi connectivity index (χ0n) is 16.5. The van der Waals surface area contributed by atoms with Gasteiger partial charge in [-0.3, -0.25) is 4.79 Å². The van der Waals surface area contributed by atoms with Gasteiger partial charge >= 0.3 is 5.97 Å². The van der Waals surface area contributed by atoms with Gasteiger partial charge < -0.3 is 9.64 Å². The molecule has 1 amide bonds. The molecule has 0 spiro atoms. The van der Waals surface area contributed by atoms with E-state index >= 15 is 0 Å². The third-order valence-corrected chi connectivity index (χ3v) is 5.54. The molecule has 28 heavy (non-hydrogen) atoms. The molecule has 148 valence electrons. The van der Waals surface area contributed by atoms with E-state index in [1.165, 1.54) is 11.8 Å². The van der Waals surface area contributed by atoms with Gasteiger partial charge in [0.05, 0.1) is 17.1 Å². The van der Waals surface area contributed by atoms with Crippen molar-refractivity contribution >= 4 is 22.9 Å². The second kappa shape index (κ2) is 7.97. The Labute approximate surface area is 164 Å². The fraction of sp³-hybridized carbons (Fsp3) is 0.550. The van der Waals surface area contributed by atoms with Gasteiger partial charge in [0.2, 0.25) is 0 Å². The Hall–Kier alpha value is -2.95. The maximum absolute atomic E-state index is 12.8. The van der Waals surface area contributed by atoms with Gasteiger partial charge in [0.1, 0.15) is 11.1 Å². The van der Waals surface area contributed by atoms with E-state index in [4.69, 9.17) is 4.74 Å². The third-order valence-electron chi connectivity index (χ3n) is 5.54. The number of hydrogen-bond donors (Lipinski definition) is 0. The molecule has 0 N–H and O–H groups in total. The second-order valence-corrected chi connectivity index (χ2v) is 7.26. The summed E-state index contributed by atoms with van der Waals surface area (Å²) in [7, 11) is 1.62. The fourth-order valence-electron chi connectivity index (χ4n) is 3.75. The van der Waals surface area contributed by atoms with E-state index in [1.807, 2.05) is 6.92 Å². The van der Waals surface area contributed by atoms with E-state index in [0.29, 0.717) is 30.5 Å². The van der Waals surface area contributed by atoms with Crippen molar-refractivity contribution in [2.24, 2.45) is 0 Å². The van der Waals surface area contributed by atoms with Crippen LogP contribution in [-0.2, 0) is 16.1 Å². The number of esters is 1. The molecule has 1 aromatic heterocycles. The van der Waals surface area contributed by atoms with Crippen LogP contribution in [-0.4, -0.2) is 50.5 Å². The first-order valence-corrected chi connectivity index (χ1v) is 9.65. The molecule has 3 rings (SSSR count). The van der Waals surface area contributed by atoms with Crippen molar-refractivity contribution in [3.63, 3.8) is 0 Å². The maximum Gasteiger partial charge on any atom is 0.338 e. The number of amides is 1. The molecule has 2 aromatic rings. The van der Waals surface area contributed by atoms with E-state index in [2.05, 4.69) is 16.4 Å². The molecular weight excluding hydrogens is 358 g/mol. The van der Waals surface area contributed by atoms with E-state index in [0.717, 1.165) is 24.8 Å². The van der Waals surface area contributed by atoms with Crippen LogP contribution in [0.2, 0.25) is 0 Å². The maximum atomic E-state index is 12.8. The summed E-state index contributed by atoms with van der Waals surface area (Å²) in [6.07, 6.45) is 3.22. The molecule has 1 saturated carbocycles. The summed E-state index contributed by atoms with van der Waals surface area (Å²) in [5, 5.41) is 17.7. The van der Waals surface area contributed by atoms with Crippen molar-refractivity contribution in [1.29, 1.82) is 5.26 Å². The van der Waals surface area contributed by atoms with Gasteiger partial charge in [0, 0.05) is 13.6 Å². The molecular formula is C20H25N5O3. The van der Waals surface area contributed by atoms with Crippen LogP contribution in [0.5, 0.6) is 0 Å². The lowest BCUT2D eigenvalue weighted by Gasteiger charge is -2.39. The lowest BCUT2D eigenvalue weighted by atomic mass is 9.81. The van der Waals surface area contributed by atoms with Crippen LogP contribution in [0.4, 0.5) is 0 Å². The molecule has 0 bridgehead atoms. The summed E-state index contributed by atoms with van der Waals surface area (Å²) in [4.78, 5) is 26.8. The zero-order valence-corrected chi connectivity index (χ0v) is 16.5. The first kappa shape index (κ1) is 19.8. The van der Waals surface area contributed by atoms with Crippen molar-refractivity contribution in [2.75, 3.05) is 7.05 Å². The summed E-state index contributed by atoms with van der Waals surface area (Å²) < 4.78 is 7.12. The van der Waals surface area contributed by atoms with Crippen LogP contribution < -0.4 is 0 Å². The highest BCUT2D eigenvalue weighted by atomic mass is 16.5. The number of aryl methyl sites for hydroxylation is 1. The number of rotatable bonds is 5. The summed E-state index contributed by atoms with van der Waals surface area (Å²) >= 11 is 0. The van der Waals surface area contributed by atoms with Crippen molar-refractivity contribution in [3.05, 3.63) is 23.8 Å². The topological polar surface area (TPSA) is 101 Å². The lowest BCUT2D eigenvalue weighted by molar-refractivity contribution is -0.143. The molecule has 0 aliphatic heterocycles. The Bertz CT molecular complexity index is 924. The summed E-state index contributed by atoms with van der Waals surface area (Å²) in [5.74, 6) is -0.966. The van der Waals surface area contributed by atoms with Gasteiger partial charge in [-0.15, -0.1) is 5.10 Å². The van der Waals surface area contributed by atoms with Crippen LogP contribution in [0, 0.1) is 11.3 Å². The quantitative estimate of drug-likeness (QED) is 0.736. The smallest absolute Gasteiger partial charge is 0.338 e. The molecule has 1 aliphatic carbocycles. The molecule has 1 aliphatic rings. The largest absolute Gasteiger partial charge is 0.449 e. The number of aromatic nitrogens is 3. The molecule has 0 unspecified atom stereocenters. The van der Waals surface area contributed by atoms with Gasteiger partial charge in [-0.1, -0.05) is 24.5 Å². The standard InChI is InChI=1S/C20H25N5O3/c1-4-25-17-9-8-15(12-16(17)22-23-25)19(27)28-14(2)18(26)24(3)20(13-21)10-6-5-7-11-20/h8-9,12,14H,4-7,10-11H2,1-3H3/t14-/m0/s1. The minimum Gasteiger partial charge on any atom is -0.449 e. The molecule has 1 heterocycles. The van der Waals surface area contributed by atoms with Gasteiger partial charge in [0.25, 0.3) is 5.91 Å². The molecule has 1 aromatic carbocycles. The van der Waals surface area contributed by atoms with Crippen LogP contribution in [0.1, 0.15) is 56.3 Å². The summed E-state index contributed by atoms with van der Waals surface area (Å²) in [6.45, 7) is 4.18. The van der Waals surface area contributed by atoms with Crippen molar-refractivity contribution in [1.82, 2.24) is 19.9 Å². The van der Waals surface area contributed by atoms with Crippen molar-refractivity contribution in [3.8, 4) is 6.07 Å². The zero-order chi connectivity index (χ0) is 20.3. The van der Waals surface area contributed by atoms with Crippen LogP contribution in [0.25, 0.3) is 11.0 Å². The molecule has 1 fully saturated rings. The average molecular weight is 383 g/mol. The highest BCUT2D eigenvalue weighted by Gasteiger charge is 2.40. The van der Waals surface area contributed by atoms with Crippen LogP contribution in [0.15, 0.2) is 18.2 Å². The number of likely N-dealkylation sites (N-methyl/N-ethyl adjacent to an activating group) is 1. The summed E-state index contributed by atoms with van der Waals surface area (Å²) in [6, 6.07) is 7.32. The number of benzene rings is 1. The number of nitriles is 1. The predicted octanol–water partition coefficient (Wildman–Crippen LogP) is 2.68. The normalized spacial score (nSPS) is 16.9. The van der Waals surface area contributed by atoms with E-state index in [9.17, 15) is 14.9 Å². The van der Waals surface area contributed by atoms with Crippen molar-refractivity contribution < 1.29 is 14.3 Å². The van der Waals surface area contributed by atoms with Crippen LogP contribution >= 0.6 is 0 Å². The van der Waals surface area contributed by atoms with Gasteiger partial charge in [-0.05, 0) is 44.9 Å². The molecule has 8 nitrogen and oxygen atoms in total. The van der Waals surface area contributed by atoms with Gasteiger partial charge in [-0.25, -0.2) is 9.48 Å². The van der Waals surface area contributed by atoms with Gasteiger partial charge in [0.15, 0.2) is 6.10 Å². The number of fused-ring (bicyclic) bond motifs is 1. The minimum atomic E-state index is -0.980. The molecule has 8 heteroatoms. The fourth-order valence-corrected chi connectivity index (χ4v) is 3.75. The predicted molar refractivity (Wildman–Crippen MR) is 102 cm³/mol. The highest BCUT2D eigenvalue weighted by molar-refractivity contribution is 5.95. The first-order valence-electron chi connectivity index (χ1n) is 9.65. The number of nitrogens with zero attached hydrogens (tertiary/aromatic N) is 5. The Balaban J connectivity index is 1.71. The SMILES string of the molecule is CCn1nnc2cc(C(=O)O[C@@H](C)C(=O)N(C)C3(C#N)CCCCC3)ccc21. The third kappa shape index (κ3) is 3.57. The van der Waals surface area contributed by atoms with E-state index < -0.39 is 17.6 Å². The number of carbonyl (C=O) groups excluding carboxylic acids is 2. The Kier molecular flexibility index (Phi) is 5.63. The number of ether oxygens (including phenoxy) is 1. The van der Waals surface area contributed by atoms with Crippen molar-refractivity contribution in [2.45, 2.75) is 64.1 Å². The van der Waals surface area contributed by atoms with E-state index in [-0.39, 0.29) is 5.91 Å². The second-order valence-electron chi connectivity index (χ2n) is 7.26. The Morgan fingerprint density at radius 1 is 1.36 bits per heavy atom. The first-order chi connectivity index (χ1) is 13.4. The average Bonchev–Trinajstić information content (AvgIpc) is 3.15.